The third kappa shape index (κ3) is 6.08. The van der Waals surface area contributed by atoms with Crippen molar-refractivity contribution in [1.82, 2.24) is 34.4 Å². The van der Waals surface area contributed by atoms with E-state index in [1.807, 2.05) is 62.5 Å². The molecule has 4 aromatic heterocycles. The lowest BCUT2D eigenvalue weighted by Crippen LogP contribution is -2.22. The highest BCUT2D eigenvalue weighted by atomic mass is 32.2. The van der Waals surface area contributed by atoms with Crippen molar-refractivity contribution in [3.63, 3.8) is 0 Å². The first-order valence-electron chi connectivity index (χ1n) is 12.9. The van der Waals surface area contributed by atoms with E-state index in [0.29, 0.717) is 35.4 Å². The van der Waals surface area contributed by atoms with Crippen LogP contribution in [0.5, 0.6) is 11.6 Å². The molecule has 0 saturated carbocycles. The first-order chi connectivity index (χ1) is 19.9. The van der Waals surface area contributed by atoms with Crippen molar-refractivity contribution in [1.29, 1.82) is 0 Å². The predicted octanol–water partition coefficient (Wildman–Crippen LogP) is 4.98. The molecule has 0 bridgehead atoms. The Balaban J connectivity index is 1.20. The molecule has 0 saturated heterocycles. The molecule has 41 heavy (non-hydrogen) atoms. The number of rotatable bonds is 10. The molecule has 1 N–H and O–H groups in total. The summed E-state index contributed by atoms with van der Waals surface area (Å²) in [5, 5.41) is 12.2. The van der Waals surface area contributed by atoms with Gasteiger partial charge in [0, 0.05) is 52.1 Å². The van der Waals surface area contributed by atoms with Gasteiger partial charge in [0.25, 0.3) is 0 Å². The van der Waals surface area contributed by atoms with E-state index < -0.39 is 10.8 Å². The maximum absolute atomic E-state index is 11.4. The normalized spacial score (nSPS) is 12.3. The van der Waals surface area contributed by atoms with Crippen LogP contribution in [0.1, 0.15) is 11.3 Å². The highest BCUT2D eigenvalue weighted by molar-refractivity contribution is 7.84. The summed E-state index contributed by atoms with van der Waals surface area (Å²) in [4.78, 5) is 15.4. The summed E-state index contributed by atoms with van der Waals surface area (Å²) in [5.41, 5.74) is 4.19. The van der Waals surface area contributed by atoms with Crippen LogP contribution in [0.2, 0.25) is 0 Å². The first-order valence-corrected chi connectivity index (χ1v) is 14.7. The molecule has 2 aromatic carbocycles. The van der Waals surface area contributed by atoms with Gasteiger partial charge >= 0.3 is 0 Å². The maximum atomic E-state index is 11.4. The molecule has 208 valence electrons. The van der Waals surface area contributed by atoms with Gasteiger partial charge in [0.05, 0.1) is 12.1 Å². The quantitative estimate of drug-likeness (QED) is 0.242. The minimum atomic E-state index is -0.817. The van der Waals surface area contributed by atoms with Crippen molar-refractivity contribution in [3.8, 4) is 23.0 Å². The molecular weight excluding hydrogens is 540 g/mol. The van der Waals surface area contributed by atoms with Crippen LogP contribution in [0.25, 0.3) is 27.9 Å². The van der Waals surface area contributed by atoms with E-state index >= 15 is 0 Å². The molecule has 12 heteroatoms. The second-order valence-corrected chi connectivity index (χ2v) is 11.3. The number of fused-ring (bicyclic) bond motifs is 2. The predicted molar refractivity (Wildman–Crippen MR) is 158 cm³/mol. The van der Waals surface area contributed by atoms with Crippen molar-refractivity contribution >= 4 is 38.9 Å². The molecule has 1 atom stereocenters. The highest BCUT2D eigenvalue weighted by Gasteiger charge is 2.12. The lowest BCUT2D eigenvalue weighted by Gasteiger charge is -2.14. The van der Waals surface area contributed by atoms with Gasteiger partial charge in [-0.05, 0) is 68.1 Å². The minimum Gasteiger partial charge on any atom is -0.460 e. The fourth-order valence-corrected chi connectivity index (χ4v) is 4.98. The van der Waals surface area contributed by atoms with E-state index in [0.717, 1.165) is 45.8 Å². The smallest absolute Gasteiger partial charge is 0.224 e. The summed E-state index contributed by atoms with van der Waals surface area (Å²) in [6.45, 7) is 3.36. The van der Waals surface area contributed by atoms with E-state index in [4.69, 9.17) is 9.15 Å². The molecule has 0 aliphatic rings. The number of hydrogen-bond donors (Lipinski definition) is 1. The minimum absolute atomic E-state index is 0.439. The molecule has 0 radical (unpaired) electrons. The van der Waals surface area contributed by atoms with Gasteiger partial charge in [-0.3, -0.25) is 13.5 Å². The average Bonchev–Trinajstić information content (AvgIpc) is 3.63. The fourth-order valence-electron chi connectivity index (χ4n) is 4.41. The zero-order chi connectivity index (χ0) is 28.3. The van der Waals surface area contributed by atoms with Gasteiger partial charge in [-0.15, -0.1) is 10.2 Å². The average molecular weight is 569 g/mol. The van der Waals surface area contributed by atoms with Crippen LogP contribution in [-0.4, -0.2) is 64.3 Å². The molecule has 0 amide bonds. The van der Waals surface area contributed by atoms with Gasteiger partial charge in [-0.1, -0.05) is 0 Å². The summed E-state index contributed by atoms with van der Waals surface area (Å²) < 4.78 is 25.3. The SMILES string of the molecule is Cc1cc(Nc2ncnc3ccc(-c4ccc(CN(C)CCS(C)=O)o4)cc23)ccc1Oc1cc2nncn2cn1. The van der Waals surface area contributed by atoms with Crippen LogP contribution in [0.4, 0.5) is 11.5 Å². The number of aryl methyl sites for hydroxylation is 1. The third-order valence-corrected chi connectivity index (χ3v) is 7.34. The largest absolute Gasteiger partial charge is 0.460 e. The van der Waals surface area contributed by atoms with Crippen LogP contribution >= 0.6 is 0 Å². The molecule has 0 spiro atoms. The molecule has 11 nitrogen and oxygen atoms in total. The Morgan fingerprint density at radius 3 is 2.80 bits per heavy atom. The number of hydrogen-bond acceptors (Lipinski definition) is 10. The highest BCUT2D eigenvalue weighted by Crippen LogP contribution is 2.32. The standard InChI is InChI=1S/C29H28N8O3S/c1-19-12-21(5-8-25(19)40-28-14-27-35-33-18-37(27)17-32-28)34-29-23-13-20(4-7-24(23)30-16-31-29)26-9-6-22(39-26)15-36(2)10-11-41(3)38/h4-9,12-14,16-18H,10-11,15H2,1-3H3,(H,30,31,34). The van der Waals surface area contributed by atoms with E-state index in [1.54, 1.807) is 35.7 Å². The number of anilines is 2. The topological polar surface area (TPSA) is 124 Å². The Morgan fingerprint density at radius 1 is 1.05 bits per heavy atom. The number of nitrogens with zero attached hydrogens (tertiary/aromatic N) is 7. The second kappa shape index (κ2) is 11.4. The lowest BCUT2D eigenvalue weighted by atomic mass is 10.1. The van der Waals surface area contributed by atoms with E-state index in [1.165, 1.54) is 0 Å². The molecular formula is C29H28N8O3S. The Kier molecular flexibility index (Phi) is 7.40. The third-order valence-electron chi connectivity index (χ3n) is 6.58. The zero-order valence-corrected chi connectivity index (χ0v) is 23.6. The van der Waals surface area contributed by atoms with Crippen molar-refractivity contribution in [2.45, 2.75) is 13.5 Å². The number of furan rings is 1. The van der Waals surface area contributed by atoms with Crippen molar-refractivity contribution < 1.29 is 13.4 Å². The summed E-state index contributed by atoms with van der Waals surface area (Å²) in [6.07, 6.45) is 6.47. The molecule has 1 unspecified atom stereocenters. The van der Waals surface area contributed by atoms with Crippen LogP contribution in [-0.2, 0) is 17.3 Å². The number of nitrogens with one attached hydrogen (secondary N) is 1. The van der Waals surface area contributed by atoms with Crippen molar-refractivity contribution in [3.05, 3.63) is 84.9 Å². The van der Waals surface area contributed by atoms with Crippen molar-refractivity contribution in [2.24, 2.45) is 0 Å². The zero-order valence-electron chi connectivity index (χ0n) is 22.8. The van der Waals surface area contributed by atoms with Crippen LogP contribution in [0.15, 0.2) is 78.0 Å². The monoisotopic (exact) mass is 568 g/mol. The van der Waals surface area contributed by atoms with E-state index in [9.17, 15) is 4.21 Å². The first kappa shape index (κ1) is 26.5. The van der Waals surface area contributed by atoms with E-state index in [-0.39, 0.29) is 0 Å². The number of ether oxygens (including phenoxy) is 1. The molecule has 6 rings (SSSR count). The molecule has 0 fully saturated rings. The Hall–Kier alpha value is -4.68. The number of benzene rings is 2. The lowest BCUT2D eigenvalue weighted by molar-refractivity contribution is 0.313. The maximum Gasteiger partial charge on any atom is 0.224 e. The van der Waals surface area contributed by atoms with Crippen LogP contribution in [0.3, 0.4) is 0 Å². The van der Waals surface area contributed by atoms with Gasteiger partial charge in [-0.2, -0.15) is 0 Å². The van der Waals surface area contributed by atoms with Gasteiger partial charge in [0.1, 0.15) is 42.1 Å². The second-order valence-electron chi connectivity index (χ2n) is 9.77. The van der Waals surface area contributed by atoms with Gasteiger partial charge in [0.2, 0.25) is 5.88 Å². The van der Waals surface area contributed by atoms with E-state index in [2.05, 4.69) is 35.4 Å². The Bertz CT molecular complexity index is 1870. The molecule has 0 aliphatic carbocycles. The van der Waals surface area contributed by atoms with Crippen molar-refractivity contribution in [2.75, 3.05) is 30.9 Å². The molecule has 6 aromatic rings. The summed E-state index contributed by atoms with van der Waals surface area (Å²) >= 11 is 0. The van der Waals surface area contributed by atoms with Crippen LogP contribution < -0.4 is 10.1 Å². The van der Waals surface area contributed by atoms with Gasteiger partial charge in [0.15, 0.2) is 5.65 Å². The Morgan fingerprint density at radius 2 is 1.95 bits per heavy atom. The van der Waals surface area contributed by atoms with Gasteiger partial charge in [-0.25, -0.2) is 15.0 Å². The van der Waals surface area contributed by atoms with Crippen LogP contribution in [0, 0.1) is 6.92 Å². The fraction of sp³-hybridized carbons (Fsp3) is 0.207. The van der Waals surface area contributed by atoms with Gasteiger partial charge < -0.3 is 14.5 Å². The summed E-state index contributed by atoms with van der Waals surface area (Å²) in [5.74, 6) is 4.05. The molecule has 4 heterocycles. The Labute approximate surface area is 238 Å². The number of aromatic nitrogens is 6. The molecule has 0 aliphatic heterocycles. The summed E-state index contributed by atoms with van der Waals surface area (Å²) in [6, 6.07) is 17.5. The summed E-state index contributed by atoms with van der Waals surface area (Å²) in [7, 11) is 1.18.